The first kappa shape index (κ1) is 15.9. The van der Waals surface area contributed by atoms with E-state index in [0.717, 1.165) is 29.5 Å². The lowest BCUT2D eigenvalue weighted by Crippen LogP contribution is -2.64. The van der Waals surface area contributed by atoms with Crippen molar-refractivity contribution in [3.8, 4) is 0 Å². The van der Waals surface area contributed by atoms with Crippen molar-refractivity contribution < 1.29 is 14.3 Å². The van der Waals surface area contributed by atoms with Gasteiger partial charge in [0.2, 0.25) is 11.8 Å². The average Bonchev–Trinajstić information content (AvgIpc) is 3.24. The number of nitrogens with one attached hydrogen (secondary N) is 2. The van der Waals surface area contributed by atoms with Crippen LogP contribution in [0.2, 0.25) is 0 Å². The molecule has 6 heteroatoms. The zero-order valence-corrected chi connectivity index (χ0v) is 14.6. The highest BCUT2D eigenvalue weighted by Crippen LogP contribution is 2.32. The van der Waals surface area contributed by atoms with Crippen LogP contribution in [0.15, 0.2) is 30.5 Å². The molecule has 1 saturated carbocycles. The van der Waals surface area contributed by atoms with E-state index in [9.17, 15) is 9.59 Å². The van der Waals surface area contributed by atoms with Crippen LogP contribution in [0, 0.1) is 5.92 Å². The van der Waals surface area contributed by atoms with Gasteiger partial charge in [-0.1, -0.05) is 18.2 Å². The molecule has 0 spiro atoms. The van der Waals surface area contributed by atoms with Crippen LogP contribution in [-0.2, 0) is 20.7 Å². The number of nitrogens with zero attached hydrogens (tertiary/aromatic N) is 1. The maximum Gasteiger partial charge on any atom is 0.246 e. The van der Waals surface area contributed by atoms with Crippen molar-refractivity contribution in [2.24, 2.45) is 5.92 Å². The van der Waals surface area contributed by atoms with E-state index in [4.69, 9.17) is 4.74 Å². The standard InChI is InChI=1S/C20H23N3O3/c24-19-18-17(26-11-12-5-6-12)7-8-23(18)20(25)16(22-19)9-13-10-21-15-4-2-1-3-14(13)15/h1-4,10,12,16-18,21H,5-9,11H2,(H,22,24)/t16-,17-,18+/m1/s1. The highest BCUT2D eigenvalue weighted by atomic mass is 16.5. The molecule has 1 aromatic heterocycles. The number of benzene rings is 1. The lowest BCUT2D eigenvalue weighted by atomic mass is 10.00. The quantitative estimate of drug-likeness (QED) is 0.858. The molecule has 2 N–H and O–H groups in total. The van der Waals surface area contributed by atoms with E-state index in [1.54, 1.807) is 4.90 Å². The van der Waals surface area contributed by atoms with Gasteiger partial charge in [0.1, 0.15) is 12.1 Å². The lowest BCUT2D eigenvalue weighted by molar-refractivity contribution is -0.150. The summed E-state index contributed by atoms with van der Waals surface area (Å²) in [5, 5.41) is 4.05. The van der Waals surface area contributed by atoms with Gasteiger partial charge < -0.3 is 19.9 Å². The molecular formula is C20H23N3O3. The molecule has 0 unspecified atom stereocenters. The van der Waals surface area contributed by atoms with E-state index in [0.29, 0.717) is 18.9 Å². The number of amides is 2. The second-order valence-corrected chi connectivity index (χ2v) is 7.71. The Morgan fingerprint density at radius 3 is 2.85 bits per heavy atom. The minimum Gasteiger partial charge on any atom is -0.375 e. The summed E-state index contributed by atoms with van der Waals surface area (Å²) >= 11 is 0. The number of hydrogen-bond acceptors (Lipinski definition) is 3. The van der Waals surface area contributed by atoms with Crippen LogP contribution in [0.1, 0.15) is 24.8 Å². The van der Waals surface area contributed by atoms with Crippen LogP contribution in [0.5, 0.6) is 0 Å². The molecule has 3 heterocycles. The highest BCUT2D eigenvalue weighted by Gasteiger charge is 2.49. The molecule has 6 nitrogen and oxygen atoms in total. The van der Waals surface area contributed by atoms with Crippen molar-refractivity contribution in [3.05, 3.63) is 36.0 Å². The summed E-state index contributed by atoms with van der Waals surface area (Å²) in [6.45, 7) is 1.33. The van der Waals surface area contributed by atoms with Gasteiger partial charge in [-0.15, -0.1) is 0 Å². The summed E-state index contributed by atoms with van der Waals surface area (Å²) in [5.74, 6) is 0.589. The maximum atomic E-state index is 13.0. The van der Waals surface area contributed by atoms with Crippen LogP contribution in [-0.4, -0.2) is 53.0 Å². The number of para-hydroxylation sites is 1. The maximum absolute atomic E-state index is 13.0. The molecule has 2 saturated heterocycles. The number of fused-ring (bicyclic) bond motifs is 2. The summed E-state index contributed by atoms with van der Waals surface area (Å²) in [6, 6.07) is 7.06. The number of ether oxygens (including phenoxy) is 1. The molecule has 3 atom stereocenters. The number of rotatable bonds is 5. The Kier molecular flexibility index (Phi) is 3.74. The predicted octanol–water partition coefficient (Wildman–Crippen LogP) is 1.60. The van der Waals surface area contributed by atoms with Crippen LogP contribution < -0.4 is 5.32 Å². The van der Waals surface area contributed by atoms with Gasteiger partial charge in [0.15, 0.2) is 0 Å². The third-order valence-electron chi connectivity index (χ3n) is 5.85. The Morgan fingerprint density at radius 2 is 2.00 bits per heavy atom. The van der Waals surface area contributed by atoms with Crippen molar-refractivity contribution in [2.75, 3.05) is 13.2 Å². The van der Waals surface area contributed by atoms with Gasteiger partial charge in [-0.25, -0.2) is 0 Å². The first-order chi connectivity index (χ1) is 12.7. The number of piperazine rings is 1. The summed E-state index contributed by atoms with van der Waals surface area (Å²) in [6.07, 6.45) is 5.47. The van der Waals surface area contributed by atoms with E-state index in [-0.39, 0.29) is 17.9 Å². The molecule has 2 amide bonds. The van der Waals surface area contributed by atoms with Crippen LogP contribution >= 0.6 is 0 Å². The molecule has 1 aromatic carbocycles. The molecule has 3 aliphatic rings. The number of aromatic nitrogens is 1. The van der Waals surface area contributed by atoms with Crippen LogP contribution in [0.4, 0.5) is 0 Å². The van der Waals surface area contributed by atoms with Gasteiger partial charge in [0, 0.05) is 36.7 Å². The fourth-order valence-electron chi connectivity index (χ4n) is 4.22. The molecule has 2 aromatic rings. The van der Waals surface area contributed by atoms with Gasteiger partial charge >= 0.3 is 0 Å². The Morgan fingerprint density at radius 1 is 1.15 bits per heavy atom. The van der Waals surface area contributed by atoms with Gasteiger partial charge in [-0.2, -0.15) is 0 Å². The van der Waals surface area contributed by atoms with Crippen LogP contribution in [0.25, 0.3) is 10.9 Å². The molecule has 2 aliphatic heterocycles. The van der Waals surface area contributed by atoms with Crippen molar-refractivity contribution >= 4 is 22.7 Å². The Labute approximate surface area is 151 Å². The Bertz CT molecular complexity index is 857. The van der Waals surface area contributed by atoms with Crippen molar-refractivity contribution in [3.63, 3.8) is 0 Å². The number of carbonyl (C=O) groups excluding carboxylic acids is 2. The minimum absolute atomic E-state index is 0.0115. The average molecular weight is 353 g/mol. The van der Waals surface area contributed by atoms with E-state index in [2.05, 4.69) is 10.3 Å². The van der Waals surface area contributed by atoms with Crippen molar-refractivity contribution in [2.45, 2.75) is 43.9 Å². The third-order valence-corrected chi connectivity index (χ3v) is 5.85. The van der Waals surface area contributed by atoms with E-state index in [1.807, 2.05) is 30.5 Å². The number of hydrogen-bond donors (Lipinski definition) is 2. The summed E-state index contributed by atoms with van der Waals surface area (Å²) < 4.78 is 5.95. The molecule has 0 bridgehead atoms. The first-order valence-electron chi connectivity index (χ1n) is 9.48. The van der Waals surface area contributed by atoms with Gasteiger partial charge in [0.05, 0.1) is 6.10 Å². The van der Waals surface area contributed by atoms with Gasteiger partial charge in [-0.05, 0) is 36.8 Å². The smallest absolute Gasteiger partial charge is 0.246 e. The number of H-pyrrole nitrogens is 1. The van der Waals surface area contributed by atoms with Gasteiger partial charge in [-0.3, -0.25) is 9.59 Å². The zero-order valence-electron chi connectivity index (χ0n) is 14.6. The molecular weight excluding hydrogens is 330 g/mol. The third kappa shape index (κ3) is 2.69. The van der Waals surface area contributed by atoms with E-state index in [1.165, 1.54) is 12.8 Å². The zero-order chi connectivity index (χ0) is 17.7. The molecule has 3 fully saturated rings. The highest BCUT2D eigenvalue weighted by molar-refractivity contribution is 5.98. The second kappa shape index (κ2) is 6.13. The summed E-state index contributed by atoms with van der Waals surface area (Å²) in [4.78, 5) is 30.6. The predicted molar refractivity (Wildman–Crippen MR) is 96.5 cm³/mol. The van der Waals surface area contributed by atoms with E-state index < -0.39 is 12.1 Å². The molecule has 1 aliphatic carbocycles. The largest absolute Gasteiger partial charge is 0.375 e. The normalized spacial score (nSPS) is 28.5. The SMILES string of the molecule is O=C1N[C@H](Cc2c[nH]c3ccccc23)C(=O)N2CC[C@@H](OCC3CC3)[C@@H]12. The fraction of sp³-hybridized carbons (Fsp3) is 0.500. The van der Waals surface area contributed by atoms with Gasteiger partial charge in [0.25, 0.3) is 0 Å². The molecule has 26 heavy (non-hydrogen) atoms. The number of aromatic amines is 1. The minimum atomic E-state index is -0.500. The summed E-state index contributed by atoms with van der Waals surface area (Å²) in [7, 11) is 0. The summed E-state index contributed by atoms with van der Waals surface area (Å²) in [5.41, 5.74) is 2.10. The van der Waals surface area contributed by atoms with Crippen LogP contribution in [0.3, 0.4) is 0 Å². The van der Waals surface area contributed by atoms with E-state index >= 15 is 0 Å². The number of carbonyl (C=O) groups is 2. The Hall–Kier alpha value is -2.34. The monoisotopic (exact) mass is 353 g/mol. The fourth-order valence-corrected chi connectivity index (χ4v) is 4.22. The van der Waals surface area contributed by atoms with Crippen molar-refractivity contribution in [1.82, 2.24) is 15.2 Å². The lowest BCUT2D eigenvalue weighted by Gasteiger charge is -2.36. The molecule has 5 rings (SSSR count). The van der Waals surface area contributed by atoms with Crippen molar-refractivity contribution in [1.29, 1.82) is 0 Å². The first-order valence-corrected chi connectivity index (χ1v) is 9.48. The second-order valence-electron chi connectivity index (χ2n) is 7.71. The molecule has 0 radical (unpaired) electrons. The molecule has 136 valence electrons. The Balaban J connectivity index is 1.32. The topological polar surface area (TPSA) is 74.4 Å².